The molecule has 0 saturated carbocycles. The van der Waals surface area contributed by atoms with Crippen LogP contribution in [-0.2, 0) is 26.6 Å². The summed E-state index contributed by atoms with van der Waals surface area (Å²) in [6, 6.07) is 12.6. The van der Waals surface area contributed by atoms with Crippen molar-refractivity contribution in [3.05, 3.63) is 80.5 Å². The van der Waals surface area contributed by atoms with Crippen LogP contribution in [0.25, 0.3) is 11.2 Å². The van der Waals surface area contributed by atoms with Crippen molar-refractivity contribution < 1.29 is 27.8 Å². The van der Waals surface area contributed by atoms with E-state index >= 15 is 0 Å². The normalized spacial score (nSPS) is 11.7. The van der Waals surface area contributed by atoms with Gasteiger partial charge in [-0.25, -0.2) is 4.79 Å². The summed E-state index contributed by atoms with van der Waals surface area (Å²) in [5, 5.41) is 9.22. The van der Waals surface area contributed by atoms with E-state index in [1.807, 2.05) is 24.3 Å². The highest BCUT2D eigenvalue weighted by Gasteiger charge is 2.31. The van der Waals surface area contributed by atoms with Gasteiger partial charge in [-0.3, -0.25) is 18.5 Å². The number of imidazole rings is 1. The number of aryl methyl sites for hydroxylation is 2. The van der Waals surface area contributed by atoms with Crippen LogP contribution in [0.4, 0.5) is 13.2 Å². The van der Waals surface area contributed by atoms with Crippen LogP contribution in [0, 0.1) is 0 Å². The summed E-state index contributed by atoms with van der Waals surface area (Å²) < 4.78 is 51.7. The third-order valence-corrected chi connectivity index (χ3v) is 5.89. The SMILES string of the molecule is CCCc1ccc(Cn2c(Oc3cccc(OC(F)(F)F)c3)nc3c2c(=O)n(CCCO)c(=O)n3C)cc1. The minimum Gasteiger partial charge on any atom is -0.425 e. The summed E-state index contributed by atoms with van der Waals surface area (Å²) in [4.78, 5) is 30.7. The maximum atomic E-state index is 13.4. The zero-order valence-corrected chi connectivity index (χ0v) is 20.9. The number of alkyl halides is 3. The van der Waals surface area contributed by atoms with Gasteiger partial charge in [0, 0.05) is 26.3 Å². The number of benzene rings is 2. The Balaban J connectivity index is 1.84. The maximum absolute atomic E-state index is 13.4. The van der Waals surface area contributed by atoms with E-state index in [1.54, 1.807) is 0 Å². The van der Waals surface area contributed by atoms with Crippen molar-refractivity contribution >= 4 is 11.2 Å². The van der Waals surface area contributed by atoms with Gasteiger partial charge in [-0.1, -0.05) is 43.7 Å². The van der Waals surface area contributed by atoms with Gasteiger partial charge in [0.05, 0.1) is 6.54 Å². The standard InChI is InChI=1S/C26H27F3N4O5/c1-3-6-17-9-11-18(12-10-17)16-33-21-22(31(2)25(36)32(23(21)35)13-5-14-34)30-24(33)37-19-7-4-8-20(15-19)38-26(27,28)29/h4,7-12,15,34H,3,5-6,13-14,16H2,1-2H3. The highest BCUT2D eigenvalue weighted by molar-refractivity contribution is 5.72. The first-order valence-corrected chi connectivity index (χ1v) is 12.0. The molecule has 202 valence electrons. The molecule has 1 N–H and O–H groups in total. The summed E-state index contributed by atoms with van der Waals surface area (Å²) in [5.74, 6) is -0.491. The van der Waals surface area contributed by atoms with E-state index < -0.39 is 23.4 Å². The van der Waals surface area contributed by atoms with E-state index in [-0.39, 0.29) is 49.0 Å². The Labute approximate surface area is 215 Å². The van der Waals surface area contributed by atoms with Crippen LogP contribution < -0.4 is 20.7 Å². The molecule has 0 aliphatic carbocycles. The number of ether oxygens (including phenoxy) is 2. The molecule has 2 heterocycles. The zero-order chi connectivity index (χ0) is 27.4. The highest BCUT2D eigenvalue weighted by atomic mass is 19.4. The van der Waals surface area contributed by atoms with Crippen LogP contribution in [-0.4, -0.2) is 36.8 Å². The molecular formula is C26H27F3N4O5. The number of rotatable bonds is 10. The minimum absolute atomic E-state index is 0.00184. The zero-order valence-electron chi connectivity index (χ0n) is 20.9. The van der Waals surface area contributed by atoms with Crippen LogP contribution in [0.15, 0.2) is 58.1 Å². The first-order valence-electron chi connectivity index (χ1n) is 12.0. The topological polar surface area (TPSA) is 101 Å². The fourth-order valence-electron chi connectivity index (χ4n) is 4.13. The second-order valence-corrected chi connectivity index (χ2v) is 8.72. The predicted molar refractivity (Wildman–Crippen MR) is 134 cm³/mol. The number of nitrogens with zero attached hydrogens (tertiary/aromatic N) is 4. The first-order chi connectivity index (χ1) is 18.1. The Bertz CT molecular complexity index is 1540. The van der Waals surface area contributed by atoms with Gasteiger partial charge in [-0.15, -0.1) is 13.2 Å². The number of hydrogen-bond donors (Lipinski definition) is 1. The van der Waals surface area contributed by atoms with E-state index in [2.05, 4.69) is 16.6 Å². The van der Waals surface area contributed by atoms with Crippen molar-refractivity contribution in [3.8, 4) is 17.5 Å². The van der Waals surface area contributed by atoms with E-state index in [0.717, 1.165) is 40.7 Å². The Morgan fingerprint density at radius 1 is 1.00 bits per heavy atom. The summed E-state index contributed by atoms with van der Waals surface area (Å²) in [6.07, 6.45) is -2.78. The van der Waals surface area contributed by atoms with Crippen LogP contribution in [0.3, 0.4) is 0 Å². The lowest BCUT2D eigenvalue weighted by Gasteiger charge is -2.13. The molecule has 0 unspecified atom stereocenters. The van der Waals surface area contributed by atoms with Crippen molar-refractivity contribution in [2.75, 3.05) is 6.61 Å². The summed E-state index contributed by atoms with van der Waals surface area (Å²) in [7, 11) is 1.46. The van der Waals surface area contributed by atoms with Gasteiger partial charge in [0.2, 0.25) is 0 Å². The lowest BCUT2D eigenvalue weighted by Crippen LogP contribution is -2.39. The summed E-state index contributed by atoms with van der Waals surface area (Å²) >= 11 is 0. The lowest BCUT2D eigenvalue weighted by molar-refractivity contribution is -0.274. The first kappa shape index (κ1) is 27.0. The van der Waals surface area contributed by atoms with Crippen LogP contribution in [0.1, 0.15) is 30.9 Å². The maximum Gasteiger partial charge on any atom is 0.573 e. The number of fused-ring (bicyclic) bond motifs is 1. The number of hydrogen-bond acceptors (Lipinski definition) is 6. The van der Waals surface area contributed by atoms with Gasteiger partial charge in [0.1, 0.15) is 11.5 Å². The summed E-state index contributed by atoms with van der Waals surface area (Å²) in [6.45, 7) is 2.02. The molecule has 38 heavy (non-hydrogen) atoms. The van der Waals surface area contributed by atoms with Crippen molar-refractivity contribution in [2.24, 2.45) is 7.05 Å². The molecule has 0 radical (unpaired) electrons. The molecule has 0 saturated heterocycles. The predicted octanol–water partition coefficient (Wildman–Crippen LogP) is 3.97. The minimum atomic E-state index is -4.88. The van der Waals surface area contributed by atoms with E-state index in [4.69, 9.17) is 4.74 Å². The molecule has 0 aliphatic rings. The van der Waals surface area contributed by atoms with Crippen LogP contribution in [0.5, 0.6) is 17.5 Å². The molecule has 0 amide bonds. The highest BCUT2D eigenvalue weighted by Crippen LogP contribution is 2.30. The van der Waals surface area contributed by atoms with Crippen molar-refractivity contribution in [3.63, 3.8) is 0 Å². The molecular weight excluding hydrogens is 505 g/mol. The molecule has 0 spiro atoms. The van der Waals surface area contributed by atoms with Gasteiger partial charge >= 0.3 is 18.1 Å². The van der Waals surface area contributed by atoms with E-state index in [1.165, 1.54) is 28.3 Å². The van der Waals surface area contributed by atoms with E-state index in [0.29, 0.717) is 0 Å². The number of aromatic nitrogens is 4. The van der Waals surface area contributed by atoms with Gasteiger partial charge in [0.15, 0.2) is 11.2 Å². The smallest absolute Gasteiger partial charge is 0.425 e. The number of aliphatic hydroxyl groups is 1. The van der Waals surface area contributed by atoms with Gasteiger partial charge in [-0.2, -0.15) is 4.98 Å². The Kier molecular flexibility index (Phi) is 7.91. The van der Waals surface area contributed by atoms with Crippen LogP contribution >= 0.6 is 0 Å². The van der Waals surface area contributed by atoms with E-state index in [9.17, 15) is 27.9 Å². The third-order valence-electron chi connectivity index (χ3n) is 5.89. The Morgan fingerprint density at radius 3 is 2.34 bits per heavy atom. The molecule has 9 nitrogen and oxygen atoms in total. The molecule has 2 aromatic heterocycles. The van der Waals surface area contributed by atoms with Gasteiger partial charge < -0.3 is 14.6 Å². The molecule has 12 heteroatoms. The molecule has 2 aromatic carbocycles. The Morgan fingerprint density at radius 2 is 1.68 bits per heavy atom. The van der Waals surface area contributed by atoms with Crippen LogP contribution in [0.2, 0.25) is 0 Å². The fourth-order valence-corrected chi connectivity index (χ4v) is 4.13. The molecule has 0 atom stereocenters. The number of aliphatic hydroxyl groups excluding tert-OH is 1. The van der Waals surface area contributed by atoms with Gasteiger partial charge in [-0.05, 0) is 36.1 Å². The second kappa shape index (κ2) is 11.1. The largest absolute Gasteiger partial charge is 0.573 e. The average Bonchev–Trinajstić information content (AvgIpc) is 3.21. The van der Waals surface area contributed by atoms with Gasteiger partial charge in [0.25, 0.3) is 5.56 Å². The average molecular weight is 533 g/mol. The fraction of sp³-hybridized carbons (Fsp3) is 0.346. The van der Waals surface area contributed by atoms with Crippen molar-refractivity contribution in [1.29, 1.82) is 0 Å². The molecule has 4 aromatic rings. The van der Waals surface area contributed by atoms with Crippen molar-refractivity contribution in [2.45, 2.75) is 45.6 Å². The molecule has 0 aliphatic heterocycles. The molecule has 4 rings (SSSR count). The quantitative estimate of drug-likeness (QED) is 0.332. The molecule has 0 bridgehead atoms. The van der Waals surface area contributed by atoms with Crippen molar-refractivity contribution in [1.82, 2.24) is 18.7 Å². The monoisotopic (exact) mass is 532 g/mol. The third kappa shape index (κ3) is 5.91. The summed E-state index contributed by atoms with van der Waals surface area (Å²) in [5.41, 5.74) is 0.880. The Hall–Kier alpha value is -4.06. The second-order valence-electron chi connectivity index (χ2n) is 8.72. The molecule has 0 fully saturated rings. The number of halogens is 3. The lowest BCUT2D eigenvalue weighted by atomic mass is 10.1.